The second-order valence-electron chi connectivity index (χ2n) is 5.38. The van der Waals surface area contributed by atoms with Gasteiger partial charge in [-0.05, 0) is 37.0 Å². The summed E-state index contributed by atoms with van der Waals surface area (Å²) < 4.78 is 5.28. The van der Waals surface area contributed by atoms with Crippen LogP contribution >= 0.6 is 0 Å². The number of aliphatic hydroxyl groups excluding tert-OH is 1. The van der Waals surface area contributed by atoms with E-state index >= 15 is 0 Å². The van der Waals surface area contributed by atoms with E-state index in [-0.39, 0.29) is 18.4 Å². The van der Waals surface area contributed by atoms with Gasteiger partial charge >= 0.3 is 0 Å². The van der Waals surface area contributed by atoms with Crippen LogP contribution in [0.25, 0.3) is 0 Å². The summed E-state index contributed by atoms with van der Waals surface area (Å²) >= 11 is 0. The van der Waals surface area contributed by atoms with Gasteiger partial charge in [-0.15, -0.1) is 0 Å². The number of carbonyl (C=O) groups excluding carboxylic acids is 1. The maximum absolute atomic E-state index is 12.4. The van der Waals surface area contributed by atoms with Gasteiger partial charge < -0.3 is 15.2 Å². The zero-order valence-corrected chi connectivity index (χ0v) is 12.5. The Morgan fingerprint density at radius 1 is 1.48 bits per heavy atom. The molecular weight excluding hydrogens is 266 g/mol. The maximum atomic E-state index is 12.4. The first-order valence-electron chi connectivity index (χ1n) is 7.24. The number of rotatable bonds is 3. The lowest BCUT2D eigenvalue weighted by Gasteiger charge is -2.17. The number of hydrogen-bond donors (Lipinski definition) is 2. The monoisotopic (exact) mass is 287 g/mol. The van der Waals surface area contributed by atoms with Crippen LogP contribution < -0.4 is 10.1 Å². The van der Waals surface area contributed by atoms with Crippen molar-refractivity contribution in [2.24, 2.45) is 11.8 Å². The maximum Gasteiger partial charge on any atom is 0.227 e. The molecule has 2 atom stereocenters. The van der Waals surface area contributed by atoms with Gasteiger partial charge in [-0.25, -0.2) is 0 Å². The molecule has 1 aliphatic carbocycles. The minimum atomic E-state index is -0.187. The van der Waals surface area contributed by atoms with Gasteiger partial charge in [0.05, 0.1) is 12.8 Å². The second-order valence-corrected chi connectivity index (χ2v) is 5.38. The van der Waals surface area contributed by atoms with Crippen LogP contribution in [-0.4, -0.2) is 24.7 Å². The van der Waals surface area contributed by atoms with Crippen molar-refractivity contribution in [3.05, 3.63) is 23.8 Å². The fraction of sp³-hybridized carbons (Fsp3) is 0.471. The van der Waals surface area contributed by atoms with Crippen molar-refractivity contribution in [1.82, 2.24) is 0 Å². The minimum absolute atomic E-state index is 0.0468. The van der Waals surface area contributed by atoms with Crippen molar-refractivity contribution >= 4 is 11.6 Å². The Bertz CT molecular complexity index is 571. The zero-order valence-electron chi connectivity index (χ0n) is 12.5. The van der Waals surface area contributed by atoms with Crippen LogP contribution in [0.4, 0.5) is 5.69 Å². The molecule has 112 valence electrons. The third-order valence-electron chi connectivity index (χ3n) is 3.97. The van der Waals surface area contributed by atoms with E-state index in [4.69, 9.17) is 9.84 Å². The number of methoxy groups -OCH3 is 1. The Morgan fingerprint density at radius 2 is 2.29 bits per heavy atom. The fourth-order valence-corrected chi connectivity index (χ4v) is 2.79. The fourth-order valence-electron chi connectivity index (χ4n) is 2.79. The summed E-state index contributed by atoms with van der Waals surface area (Å²) in [5, 5.41) is 11.7. The average molecular weight is 287 g/mol. The largest absolute Gasteiger partial charge is 0.495 e. The third kappa shape index (κ3) is 3.77. The van der Waals surface area contributed by atoms with E-state index in [2.05, 4.69) is 24.1 Å². The quantitative estimate of drug-likeness (QED) is 0.839. The van der Waals surface area contributed by atoms with Gasteiger partial charge in [0.1, 0.15) is 12.4 Å². The molecular formula is C17H21NO3. The summed E-state index contributed by atoms with van der Waals surface area (Å²) in [6, 6.07) is 5.35. The van der Waals surface area contributed by atoms with Crippen molar-refractivity contribution in [2.45, 2.75) is 26.2 Å². The molecule has 1 fully saturated rings. The van der Waals surface area contributed by atoms with E-state index in [9.17, 15) is 4.79 Å². The predicted molar refractivity (Wildman–Crippen MR) is 82.1 cm³/mol. The Kier molecular flexibility index (Phi) is 5.24. The molecule has 0 saturated heterocycles. The van der Waals surface area contributed by atoms with Gasteiger partial charge in [-0.1, -0.05) is 25.2 Å². The summed E-state index contributed by atoms with van der Waals surface area (Å²) in [4.78, 5) is 12.4. The summed E-state index contributed by atoms with van der Waals surface area (Å²) in [5.74, 6) is 6.58. The number of anilines is 1. The highest BCUT2D eigenvalue weighted by molar-refractivity contribution is 5.94. The van der Waals surface area contributed by atoms with Crippen LogP contribution in [0.1, 0.15) is 31.7 Å². The van der Waals surface area contributed by atoms with Crippen molar-refractivity contribution < 1.29 is 14.6 Å². The van der Waals surface area contributed by atoms with Gasteiger partial charge in [0.2, 0.25) is 5.91 Å². The molecule has 0 bridgehead atoms. The van der Waals surface area contributed by atoms with Crippen LogP contribution in [0, 0.1) is 23.7 Å². The summed E-state index contributed by atoms with van der Waals surface area (Å²) in [6.07, 6.45) is 3.16. The highest BCUT2D eigenvalue weighted by Gasteiger charge is 2.30. The molecule has 4 heteroatoms. The van der Waals surface area contributed by atoms with Crippen LogP contribution in [0.3, 0.4) is 0 Å². The van der Waals surface area contributed by atoms with E-state index in [1.165, 1.54) is 0 Å². The van der Waals surface area contributed by atoms with E-state index in [0.29, 0.717) is 17.4 Å². The summed E-state index contributed by atoms with van der Waals surface area (Å²) in [5.41, 5.74) is 1.37. The average Bonchev–Trinajstić information content (AvgIpc) is 2.91. The van der Waals surface area contributed by atoms with Gasteiger partial charge in [0.15, 0.2) is 0 Å². The molecule has 2 N–H and O–H groups in total. The van der Waals surface area contributed by atoms with Crippen LogP contribution in [0.2, 0.25) is 0 Å². The number of ether oxygens (including phenoxy) is 1. The molecule has 0 aromatic heterocycles. The van der Waals surface area contributed by atoms with Gasteiger partial charge in [0.25, 0.3) is 0 Å². The molecule has 0 spiro atoms. The van der Waals surface area contributed by atoms with E-state index in [1.807, 2.05) is 0 Å². The number of aliphatic hydroxyl groups is 1. The SMILES string of the molecule is COc1ccc(C#CCO)cc1NC(=O)C1CCCC1C. The van der Waals surface area contributed by atoms with Crippen molar-refractivity contribution in [3.63, 3.8) is 0 Å². The standard InChI is InChI=1S/C17H21NO3/c1-12-5-3-7-14(12)17(20)18-15-11-13(6-4-10-19)8-9-16(15)21-2/h8-9,11-12,14,19H,3,5,7,10H2,1-2H3,(H,18,20). The number of nitrogens with one attached hydrogen (secondary N) is 1. The first-order valence-corrected chi connectivity index (χ1v) is 7.24. The normalized spacial score (nSPS) is 20.5. The molecule has 2 unspecified atom stereocenters. The first-order chi connectivity index (χ1) is 10.2. The number of hydrogen-bond acceptors (Lipinski definition) is 3. The third-order valence-corrected chi connectivity index (χ3v) is 3.97. The number of amides is 1. The zero-order chi connectivity index (χ0) is 15.2. The molecule has 1 saturated carbocycles. The van der Waals surface area contributed by atoms with E-state index < -0.39 is 0 Å². The Labute approximate surface area is 125 Å². The van der Waals surface area contributed by atoms with Crippen LogP contribution in [-0.2, 0) is 4.79 Å². The summed E-state index contributed by atoms with van der Waals surface area (Å²) in [7, 11) is 1.57. The second kappa shape index (κ2) is 7.14. The molecule has 21 heavy (non-hydrogen) atoms. The van der Waals surface area contributed by atoms with Crippen molar-refractivity contribution in [3.8, 4) is 17.6 Å². The molecule has 4 nitrogen and oxygen atoms in total. The van der Waals surface area contributed by atoms with Crippen molar-refractivity contribution in [1.29, 1.82) is 0 Å². The highest BCUT2D eigenvalue weighted by Crippen LogP contribution is 2.33. The smallest absolute Gasteiger partial charge is 0.227 e. The molecule has 0 aliphatic heterocycles. The van der Waals surface area contributed by atoms with E-state index in [1.54, 1.807) is 25.3 Å². The Morgan fingerprint density at radius 3 is 2.90 bits per heavy atom. The molecule has 1 amide bonds. The Balaban J connectivity index is 2.18. The number of benzene rings is 1. The van der Waals surface area contributed by atoms with E-state index in [0.717, 1.165) is 24.8 Å². The molecule has 0 radical (unpaired) electrons. The molecule has 1 aliphatic rings. The van der Waals surface area contributed by atoms with Crippen LogP contribution in [0.5, 0.6) is 5.75 Å². The molecule has 0 heterocycles. The van der Waals surface area contributed by atoms with Gasteiger partial charge in [0, 0.05) is 11.5 Å². The Hall–Kier alpha value is -1.99. The van der Waals surface area contributed by atoms with Gasteiger partial charge in [-0.3, -0.25) is 4.79 Å². The lowest BCUT2D eigenvalue weighted by Crippen LogP contribution is -2.24. The highest BCUT2D eigenvalue weighted by atomic mass is 16.5. The summed E-state index contributed by atoms with van der Waals surface area (Å²) in [6.45, 7) is 1.94. The first kappa shape index (κ1) is 15.4. The molecule has 1 aromatic rings. The lowest BCUT2D eigenvalue weighted by molar-refractivity contribution is -0.120. The van der Waals surface area contributed by atoms with Gasteiger partial charge in [-0.2, -0.15) is 0 Å². The number of carbonyl (C=O) groups is 1. The molecule has 1 aromatic carbocycles. The van der Waals surface area contributed by atoms with Crippen LogP contribution in [0.15, 0.2) is 18.2 Å². The lowest BCUT2D eigenvalue weighted by atomic mass is 9.97. The van der Waals surface area contributed by atoms with Crippen molar-refractivity contribution in [2.75, 3.05) is 19.0 Å². The minimum Gasteiger partial charge on any atom is -0.495 e. The topological polar surface area (TPSA) is 58.6 Å². The molecule has 2 rings (SSSR count). The predicted octanol–water partition coefficient (Wildman–Crippen LogP) is 2.41.